The molecule has 0 amide bonds. The van der Waals surface area contributed by atoms with Gasteiger partial charge < -0.3 is 25.3 Å². The zero-order chi connectivity index (χ0) is 20.0. The summed E-state index contributed by atoms with van der Waals surface area (Å²) in [4.78, 5) is 4.30. The van der Waals surface area contributed by atoms with Crippen molar-refractivity contribution in [2.75, 3.05) is 26.9 Å². The molecule has 0 saturated carbocycles. The summed E-state index contributed by atoms with van der Waals surface area (Å²) in [5.74, 6) is 2.12. The third kappa shape index (κ3) is 8.77. The maximum atomic E-state index is 5.83. The van der Waals surface area contributed by atoms with Crippen LogP contribution >= 0.6 is 0 Å². The Balaban J connectivity index is 1.59. The Hall–Kier alpha value is -2.73. The highest BCUT2D eigenvalue weighted by atomic mass is 16.5. The number of methoxy groups -OCH3 is 1. The van der Waals surface area contributed by atoms with E-state index in [1.54, 1.807) is 7.11 Å². The Morgan fingerprint density at radius 1 is 1.00 bits per heavy atom. The molecule has 1 atom stereocenters. The number of nitrogens with two attached hydrogens (primary N) is 1. The molecule has 0 saturated heterocycles. The second kappa shape index (κ2) is 12.6. The molecule has 0 spiro atoms. The van der Waals surface area contributed by atoms with Gasteiger partial charge in [0.05, 0.1) is 13.2 Å². The Labute approximate surface area is 167 Å². The highest BCUT2D eigenvalue weighted by molar-refractivity contribution is 5.78. The van der Waals surface area contributed by atoms with E-state index in [1.165, 1.54) is 0 Å². The summed E-state index contributed by atoms with van der Waals surface area (Å²) in [6.07, 6.45) is 1.83. The average Bonchev–Trinajstić information content (AvgIpc) is 2.71. The predicted octanol–water partition coefficient (Wildman–Crippen LogP) is 3.36. The van der Waals surface area contributed by atoms with Gasteiger partial charge in [-0.25, -0.2) is 0 Å². The summed E-state index contributed by atoms with van der Waals surface area (Å²) < 4.78 is 16.6. The van der Waals surface area contributed by atoms with Gasteiger partial charge in [-0.3, -0.25) is 4.99 Å². The van der Waals surface area contributed by atoms with E-state index in [0.29, 0.717) is 32.3 Å². The molecule has 2 rings (SSSR count). The Morgan fingerprint density at radius 2 is 1.68 bits per heavy atom. The highest BCUT2D eigenvalue weighted by Gasteiger charge is 2.01. The van der Waals surface area contributed by atoms with Gasteiger partial charge in [0, 0.05) is 19.7 Å². The lowest BCUT2D eigenvalue weighted by atomic mass is 10.2. The first-order valence-electron chi connectivity index (χ1n) is 9.62. The summed E-state index contributed by atoms with van der Waals surface area (Å²) in [7, 11) is 1.66. The molecule has 28 heavy (non-hydrogen) atoms. The molecule has 0 aliphatic rings. The number of rotatable bonds is 12. The summed E-state index contributed by atoms with van der Waals surface area (Å²) in [6, 6.07) is 18.0. The first-order valence-corrected chi connectivity index (χ1v) is 9.62. The number of hydrogen-bond donors (Lipinski definition) is 2. The van der Waals surface area contributed by atoms with Crippen molar-refractivity contribution in [3.63, 3.8) is 0 Å². The molecule has 0 heterocycles. The first kappa shape index (κ1) is 21.6. The van der Waals surface area contributed by atoms with Gasteiger partial charge in [0.25, 0.3) is 0 Å². The van der Waals surface area contributed by atoms with E-state index in [1.807, 2.05) is 61.5 Å². The minimum Gasteiger partial charge on any atom is -0.494 e. The molecule has 6 heteroatoms. The van der Waals surface area contributed by atoms with E-state index in [9.17, 15) is 0 Å². The van der Waals surface area contributed by atoms with E-state index in [2.05, 4.69) is 10.3 Å². The molecular formula is C22H31N3O3. The number of aliphatic imine (C=N–C) groups is 1. The van der Waals surface area contributed by atoms with Gasteiger partial charge in [0.1, 0.15) is 18.1 Å². The Bertz CT molecular complexity index is 690. The summed E-state index contributed by atoms with van der Waals surface area (Å²) in [5, 5.41) is 3.08. The normalized spacial score (nSPS) is 12.4. The molecule has 0 bridgehead atoms. The van der Waals surface area contributed by atoms with Crippen LogP contribution in [0.25, 0.3) is 0 Å². The van der Waals surface area contributed by atoms with Crippen LogP contribution in [0.4, 0.5) is 0 Å². The number of nitrogens with one attached hydrogen (secondary N) is 1. The lowest BCUT2D eigenvalue weighted by molar-refractivity contribution is 0.179. The fourth-order valence-corrected chi connectivity index (χ4v) is 2.57. The minimum atomic E-state index is 0.150. The second-order valence-electron chi connectivity index (χ2n) is 6.57. The second-order valence-corrected chi connectivity index (χ2v) is 6.57. The van der Waals surface area contributed by atoms with Crippen molar-refractivity contribution in [1.29, 1.82) is 0 Å². The molecule has 0 radical (unpaired) electrons. The smallest absolute Gasteiger partial charge is 0.188 e. The van der Waals surface area contributed by atoms with Gasteiger partial charge >= 0.3 is 0 Å². The number of nitrogens with zero attached hydrogens (tertiary/aromatic N) is 1. The van der Waals surface area contributed by atoms with Crippen LogP contribution in [0.5, 0.6) is 11.5 Å². The van der Waals surface area contributed by atoms with E-state index < -0.39 is 0 Å². The fraction of sp³-hybridized carbons (Fsp3) is 0.409. The largest absolute Gasteiger partial charge is 0.494 e. The molecule has 2 aromatic carbocycles. The van der Waals surface area contributed by atoms with Gasteiger partial charge in [-0.15, -0.1) is 0 Å². The van der Waals surface area contributed by atoms with E-state index in [-0.39, 0.29) is 6.04 Å². The maximum absolute atomic E-state index is 5.83. The van der Waals surface area contributed by atoms with Crippen LogP contribution in [0.3, 0.4) is 0 Å². The molecule has 2 aromatic rings. The molecule has 1 unspecified atom stereocenters. The maximum Gasteiger partial charge on any atom is 0.188 e. The van der Waals surface area contributed by atoms with Crippen molar-refractivity contribution < 1.29 is 14.2 Å². The summed E-state index contributed by atoms with van der Waals surface area (Å²) in [6.45, 7) is 4.48. The van der Waals surface area contributed by atoms with Crippen LogP contribution in [0, 0.1) is 0 Å². The van der Waals surface area contributed by atoms with Gasteiger partial charge in [-0.05, 0) is 49.6 Å². The molecule has 6 nitrogen and oxygen atoms in total. The number of guanidine groups is 1. The molecule has 0 aromatic heterocycles. The van der Waals surface area contributed by atoms with Crippen molar-refractivity contribution in [2.45, 2.75) is 32.4 Å². The lowest BCUT2D eigenvalue weighted by Gasteiger charge is -2.13. The highest BCUT2D eigenvalue weighted by Crippen LogP contribution is 2.19. The molecule has 0 aliphatic heterocycles. The third-order valence-corrected chi connectivity index (χ3v) is 3.99. The van der Waals surface area contributed by atoms with Crippen LogP contribution in [-0.2, 0) is 11.3 Å². The van der Waals surface area contributed by atoms with Crippen molar-refractivity contribution in [2.24, 2.45) is 10.7 Å². The number of unbranched alkanes of at least 4 members (excludes halogenated alkanes) is 1. The zero-order valence-corrected chi connectivity index (χ0v) is 16.8. The van der Waals surface area contributed by atoms with Crippen LogP contribution < -0.4 is 20.5 Å². The number of ether oxygens (including phenoxy) is 3. The lowest BCUT2D eigenvalue weighted by Crippen LogP contribution is -2.40. The van der Waals surface area contributed by atoms with Crippen LogP contribution in [0.2, 0.25) is 0 Å². The predicted molar refractivity (Wildman–Crippen MR) is 113 cm³/mol. The van der Waals surface area contributed by atoms with E-state index in [4.69, 9.17) is 19.9 Å². The fourth-order valence-electron chi connectivity index (χ4n) is 2.57. The number of benzene rings is 2. The summed E-state index contributed by atoms with van der Waals surface area (Å²) in [5.41, 5.74) is 6.97. The monoisotopic (exact) mass is 385 g/mol. The third-order valence-electron chi connectivity index (χ3n) is 3.99. The molecular weight excluding hydrogens is 354 g/mol. The molecule has 152 valence electrons. The van der Waals surface area contributed by atoms with Crippen molar-refractivity contribution in [3.8, 4) is 11.5 Å². The van der Waals surface area contributed by atoms with E-state index >= 15 is 0 Å². The molecule has 0 aliphatic carbocycles. The molecule has 0 fully saturated rings. The minimum absolute atomic E-state index is 0.150. The van der Waals surface area contributed by atoms with Crippen molar-refractivity contribution in [1.82, 2.24) is 5.32 Å². The standard InChI is InChI=1S/C22H31N3O3/c1-18(16-26-2)25-22(23)24-14-6-7-15-27-20-10-12-21(13-11-20)28-17-19-8-4-3-5-9-19/h3-5,8-13,18H,6-7,14-17H2,1-2H3,(H3,23,24,25). The van der Waals surface area contributed by atoms with Gasteiger partial charge in [-0.1, -0.05) is 30.3 Å². The quantitative estimate of drug-likeness (QED) is 0.333. The van der Waals surface area contributed by atoms with Gasteiger partial charge in [0.15, 0.2) is 5.96 Å². The first-order chi connectivity index (χ1) is 13.7. The van der Waals surface area contributed by atoms with Crippen LogP contribution in [-0.4, -0.2) is 38.9 Å². The van der Waals surface area contributed by atoms with Crippen LogP contribution in [0.1, 0.15) is 25.3 Å². The van der Waals surface area contributed by atoms with E-state index in [0.717, 1.165) is 29.9 Å². The average molecular weight is 386 g/mol. The van der Waals surface area contributed by atoms with Gasteiger partial charge in [-0.2, -0.15) is 0 Å². The molecule has 3 N–H and O–H groups in total. The van der Waals surface area contributed by atoms with Crippen molar-refractivity contribution >= 4 is 5.96 Å². The van der Waals surface area contributed by atoms with Crippen molar-refractivity contribution in [3.05, 3.63) is 60.2 Å². The van der Waals surface area contributed by atoms with Gasteiger partial charge in [0.2, 0.25) is 0 Å². The topological polar surface area (TPSA) is 78.1 Å². The Kier molecular flexibility index (Phi) is 9.72. The van der Waals surface area contributed by atoms with Crippen LogP contribution in [0.15, 0.2) is 59.6 Å². The summed E-state index contributed by atoms with van der Waals surface area (Å²) >= 11 is 0. The Morgan fingerprint density at radius 3 is 2.36 bits per heavy atom. The SMILES string of the molecule is COCC(C)NC(N)=NCCCCOc1ccc(OCc2ccccc2)cc1. The zero-order valence-electron chi connectivity index (χ0n) is 16.8. The number of hydrogen-bond acceptors (Lipinski definition) is 4.